The zero-order chi connectivity index (χ0) is 8.55. The number of nitrogens with zero attached hydrogens (tertiary/aromatic N) is 3. The Bertz CT molecular complexity index is 437. The second-order valence-electron chi connectivity index (χ2n) is 2.23. The van der Waals surface area contributed by atoms with Gasteiger partial charge in [0, 0.05) is 0 Å². The van der Waals surface area contributed by atoms with Gasteiger partial charge in [-0.1, -0.05) is 11.6 Å². The highest BCUT2D eigenvalue weighted by atomic mass is 35.5. The van der Waals surface area contributed by atoms with Crippen LogP contribution in [0.3, 0.4) is 0 Å². The summed E-state index contributed by atoms with van der Waals surface area (Å²) in [5.41, 5.74) is 0.967. The van der Waals surface area contributed by atoms with Crippen molar-refractivity contribution < 1.29 is 4.79 Å². The van der Waals surface area contributed by atoms with E-state index in [2.05, 4.69) is 10.1 Å². The van der Waals surface area contributed by atoms with Crippen LogP contribution in [0.5, 0.6) is 0 Å². The van der Waals surface area contributed by atoms with Gasteiger partial charge in [0.15, 0.2) is 6.29 Å². The molecule has 2 aromatic rings. The van der Waals surface area contributed by atoms with E-state index in [9.17, 15) is 4.79 Å². The van der Waals surface area contributed by atoms with Crippen molar-refractivity contribution in [1.82, 2.24) is 14.6 Å². The lowest BCUT2D eigenvalue weighted by molar-refractivity contribution is 0.112. The summed E-state index contributed by atoms with van der Waals surface area (Å²) in [6.07, 6.45) is 3.78. The van der Waals surface area contributed by atoms with Gasteiger partial charge in [0.05, 0.1) is 17.9 Å². The fourth-order valence-electron chi connectivity index (χ4n) is 1.01. The van der Waals surface area contributed by atoms with Crippen LogP contribution in [0.1, 0.15) is 10.5 Å². The topological polar surface area (TPSA) is 47.3 Å². The van der Waals surface area contributed by atoms with Crippen molar-refractivity contribution in [2.75, 3.05) is 0 Å². The number of carbonyl (C=O) groups is 1. The van der Waals surface area contributed by atoms with Gasteiger partial charge in [-0.3, -0.25) is 4.79 Å². The average Bonchev–Trinajstić information content (AvgIpc) is 2.50. The first-order valence-corrected chi connectivity index (χ1v) is 3.64. The van der Waals surface area contributed by atoms with Gasteiger partial charge in [-0.2, -0.15) is 5.10 Å². The molecule has 0 aliphatic carbocycles. The van der Waals surface area contributed by atoms with Crippen LogP contribution in [0.2, 0.25) is 5.15 Å². The Kier molecular flexibility index (Phi) is 1.55. The maximum Gasteiger partial charge on any atom is 0.170 e. The smallest absolute Gasteiger partial charge is 0.170 e. The molecule has 12 heavy (non-hydrogen) atoms. The molecule has 0 aliphatic rings. The predicted molar refractivity (Wildman–Crippen MR) is 43.4 cm³/mol. The van der Waals surface area contributed by atoms with E-state index < -0.39 is 0 Å². The van der Waals surface area contributed by atoms with Gasteiger partial charge in [-0.05, 0) is 6.07 Å². The Labute approximate surface area is 72.8 Å². The minimum absolute atomic E-state index is 0.258. The first-order chi connectivity index (χ1) is 5.81. The zero-order valence-corrected chi connectivity index (χ0v) is 6.69. The molecule has 0 radical (unpaired) electrons. The molecule has 0 aliphatic heterocycles. The maximum atomic E-state index is 10.5. The first-order valence-electron chi connectivity index (χ1n) is 3.26. The first kappa shape index (κ1) is 7.24. The lowest BCUT2D eigenvalue weighted by Gasteiger charge is -1.95. The Morgan fingerprint density at radius 1 is 1.58 bits per heavy atom. The number of hydrogen-bond donors (Lipinski definition) is 0. The maximum absolute atomic E-state index is 10.5. The number of aldehydes is 1. The number of fused-ring (bicyclic) bond motifs is 1. The Morgan fingerprint density at radius 3 is 3.17 bits per heavy atom. The number of aromatic nitrogens is 3. The summed E-state index contributed by atoms with van der Waals surface area (Å²) in [5, 5.41) is 4.18. The van der Waals surface area contributed by atoms with Gasteiger partial charge in [0.2, 0.25) is 0 Å². The third-order valence-corrected chi connectivity index (χ3v) is 1.68. The standard InChI is InChI=1S/C7H4ClN3O/c8-7-3-11-6(1-2-9-11)5(4-12)10-7/h1-4H. The van der Waals surface area contributed by atoms with E-state index in [-0.39, 0.29) is 5.15 Å². The Hall–Kier alpha value is -1.42. The summed E-state index contributed by atoms with van der Waals surface area (Å²) in [6.45, 7) is 0. The van der Waals surface area contributed by atoms with E-state index >= 15 is 0 Å². The fourth-order valence-corrected chi connectivity index (χ4v) is 1.19. The molecule has 0 atom stereocenters. The van der Waals surface area contributed by atoms with Crippen LogP contribution in [0.25, 0.3) is 5.52 Å². The summed E-state index contributed by atoms with van der Waals surface area (Å²) >= 11 is 5.63. The molecule has 0 saturated carbocycles. The molecule has 2 heterocycles. The number of rotatable bonds is 1. The molecular weight excluding hydrogens is 178 g/mol. The molecule has 0 amide bonds. The number of hydrogen-bond acceptors (Lipinski definition) is 3. The molecule has 0 fully saturated rings. The van der Waals surface area contributed by atoms with Crippen LogP contribution >= 0.6 is 11.6 Å². The average molecular weight is 182 g/mol. The van der Waals surface area contributed by atoms with Crippen molar-refractivity contribution in [3.8, 4) is 0 Å². The van der Waals surface area contributed by atoms with Crippen LogP contribution < -0.4 is 0 Å². The minimum Gasteiger partial charge on any atom is -0.296 e. The summed E-state index contributed by atoms with van der Waals surface area (Å²) in [4.78, 5) is 14.3. The van der Waals surface area contributed by atoms with E-state index in [1.54, 1.807) is 18.5 Å². The van der Waals surface area contributed by atoms with Crippen molar-refractivity contribution in [2.45, 2.75) is 0 Å². The van der Waals surface area contributed by atoms with Gasteiger partial charge in [0.25, 0.3) is 0 Å². The highest BCUT2D eigenvalue weighted by Crippen LogP contribution is 2.10. The quantitative estimate of drug-likeness (QED) is 0.621. The van der Waals surface area contributed by atoms with Crippen LogP contribution in [0, 0.1) is 0 Å². The Morgan fingerprint density at radius 2 is 2.42 bits per heavy atom. The molecule has 0 unspecified atom stereocenters. The fraction of sp³-hybridized carbons (Fsp3) is 0. The van der Waals surface area contributed by atoms with Gasteiger partial charge in [0.1, 0.15) is 10.8 Å². The van der Waals surface area contributed by atoms with Crippen molar-refractivity contribution in [3.05, 3.63) is 29.3 Å². The molecule has 0 N–H and O–H groups in total. The molecule has 2 aromatic heterocycles. The van der Waals surface area contributed by atoms with Gasteiger partial charge in [-0.25, -0.2) is 9.50 Å². The van der Waals surface area contributed by atoms with Crippen molar-refractivity contribution in [1.29, 1.82) is 0 Å². The van der Waals surface area contributed by atoms with Crippen molar-refractivity contribution in [3.63, 3.8) is 0 Å². The van der Waals surface area contributed by atoms with Crippen LogP contribution in [0.15, 0.2) is 18.5 Å². The highest BCUT2D eigenvalue weighted by molar-refractivity contribution is 6.29. The lowest BCUT2D eigenvalue weighted by Crippen LogP contribution is -1.95. The summed E-state index contributed by atoms with van der Waals surface area (Å²) < 4.78 is 1.51. The molecule has 0 saturated heterocycles. The predicted octanol–water partition coefficient (Wildman–Crippen LogP) is 1.20. The van der Waals surface area contributed by atoms with Crippen LogP contribution in [0.4, 0.5) is 0 Å². The summed E-state index contributed by atoms with van der Waals surface area (Å²) in [7, 11) is 0. The van der Waals surface area contributed by atoms with E-state index in [1.807, 2.05) is 0 Å². The molecule has 2 rings (SSSR count). The van der Waals surface area contributed by atoms with E-state index in [4.69, 9.17) is 11.6 Å². The monoisotopic (exact) mass is 181 g/mol. The van der Waals surface area contributed by atoms with Crippen LogP contribution in [-0.2, 0) is 0 Å². The van der Waals surface area contributed by atoms with Gasteiger partial charge < -0.3 is 0 Å². The SMILES string of the molecule is O=Cc1nc(Cl)cn2nccc12. The second kappa shape index (κ2) is 2.57. The van der Waals surface area contributed by atoms with E-state index in [0.29, 0.717) is 17.5 Å². The largest absolute Gasteiger partial charge is 0.296 e. The lowest BCUT2D eigenvalue weighted by atomic mass is 10.4. The molecule has 0 aromatic carbocycles. The highest BCUT2D eigenvalue weighted by Gasteiger charge is 2.03. The molecule has 0 spiro atoms. The van der Waals surface area contributed by atoms with Gasteiger partial charge in [-0.15, -0.1) is 0 Å². The summed E-state index contributed by atoms with van der Waals surface area (Å²) in [6, 6.07) is 1.70. The van der Waals surface area contributed by atoms with E-state index in [1.165, 1.54) is 4.52 Å². The third-order valence-electron chi connectivity index (χ3n) is 1.50. The molecule has 60 valence electrons. The number of halogens is 1. The normalized spacial score (nSPS) is 10.4. The molecular formula is C7H4ClN3O. The van der Waals surface area contributed by atoms with Crippen molar-refractivity contribution >= 4 is 23.4 Å². The van der Waals surface area contributed by atoms with Crippen LogP contribution in [-0.4, -0.2) is 20.9 Å². The zero-order valence-electron chi connectivity index (χ0n) is 5.94. The van der Waals surface area contributed by atoms with Gasteiger partial charge >= 0.3 is 0 Å². The number of carbonyl (C=O) groups excluding carboxylic acids is 1. The van der Waals surface area contributed by atoms with E-state index in [0.717, 1.165) is 0 Å². The summed E-state index contributed by atoms with van der Waals surface area (Å²) in [5.74, 6) is 0. The molecule has 5 heteroatoms. The minimum atomic E-state index is 0.258. The second-order valence-corrected chi connectivity index (χ2v) is 2.61. The Balaban J connectivity index is 2.88. The van der Waals surface area contributed by atoms with Crippen molar-refractivity contribution in [2.24, 2.45) is 0 Å². The molecule has 0 bridgehead atoms. The molecule has 4 nitrogen and oxygen atoms in total. The third kappa shape index (κ3) is 0.967.